The summed E-state index contributed by atoms with van der Waals surface area (Å²) >= 11 is 0. The van der Waals surface area contributed by atoms with Crippen LogP contribution in [-0.4, -0.2) is 36.2 Å². The first kappa shape index (κ1) is 13.9. The summed E-state index contributed by atoms with van der Waals surface area (Å²) in [7, 11) is 5.27. The molecule has 2 N–H and O–H groups in total. The summed E-state index contributed by atoms with van der Waals surface area (Å²) in [6.45, 7) is 0.348. The van der Waals surface area contributed by atoms with Crippen LogP contribution in [0, 0.1) is 0 Å². The molecule has 0 fully saturated rings. The van der Waals surface area contributed by atoms with Crippen molar-refractivity contribution in [3.8, 4) is 11.8 Å². The molecule has 0 aliphatic carbocycles. The maximum absolute atomic E-state index is 5.62. The van der Waals surface area contributed by atoms with Crippen molar-refractivity contribution in [2.45, 2.75) is 6.61 Å². The molecule has 2 aromatic rings. The minimum atomic E-state index is 0.133. The number of nitrogen functional groups attached to an aromatic ring is 1. The van der Waals surface area contributed by atoms with Gasteiger partial charge in [-0.15, -0.1) is 0 Å². The lowest BCUT2D eigenvalue weighted by molar-refractivity contribution is 0.280. The molecule has 106 valence electrons. The van der Waals surface area contributed by atoms with Crippen molar-refractivity contribution in [2.24, 2.45) is 0 Å². The first-order chi connectivity index (χ1) is 9.58. The normalized spacial score (nSPS) is 10.2. The van der Waals surface area contributed by atoms with Gasteiger partial charge in [0, 0.05) is 14.1 Å². The summed E-state index contributed by atoms with van der Waals surface area (Å²) in [6.07, 6.45) is 0. The predicted molar refractivity (Wildman–Crippen MR) is 75.9 cm³/mol. The maximum Gasteiger partial charge on any atom is 0.323 e. The Balaban J connectivity index is 2.06. The van der Waals surface area contributed by atoms with Gasteiger partial charge in [0.1, 0.15) is 12.4 Å². The van der Waals surface area contributed by atoms with Crippen LogP contribution in [0.25, 0.3) is 0 Å². The number of hydrogen-bond acceptors (Lipinski definition) is 7. The number of ether oxygens (including phenoxy) is 2. The van der Waals surface area contributed by atoms with Gasteiger partial charge in [-0.2, -0.15) is 15.0 Å². The number of nitrogens with zero attached hydrogens (tertiary/aromatic N) is 4. The summed E-state index contributed by atoms with van der Waals surface area (Å²) < 4.78 is 10.6. The Hall–Kier alpha value is -2.57. The van der Waals surface area contributed by atoms with Gasteiger partial charge < -0.3 is 20.1 Å². The molecule has 7 heteroatoms. The minimum absolute atomic E-state index is 0.133. The van der Waals surface area contributed by atoms with Crippen LogP contribution in [0.1, 0.15) is 5.56 Å². The largest absolute Gasteiger partial charge is 0.497 e. The third-order valence-corrected chi connectivity index (χ3v) is 2.55. The van der Waals surface area contributed by atoms with Gasteiger partial charge in [-0.05, 0) is 17.7 Å². The van der Waals surface area contributed by atoms with Gasteiger partial charge in [-0.3, -0.25) is 0 Å². The monoisotopic (exact) mass is 275 g/mol. The fourth-order valence-corrected chi connectivity index (χ4v) is 1.50. The van der Waals surface area contributed by atoms with Crippen LogP contribution in [0.4, 0.5) is 11.9 Å². The third kappa shape index (κ3) is 3.47. The van der Waals surface area contributed by atoms with E-state index in [0.29, 0.717) is 12.6 Å². The Kier molecular flexibility index (Phi) is 4.19. The highest BCUT2D eigenvalue weighted by Crippen LogP contribution is 2.15. The van der Waals surface area contributed by atoms with Gasteiger partial charge in [-0.1, -0.05) is 12.1 Å². The summed E-state index contributed by atoms with van der Waals surface area (Å²) in [5, 5.41) is 0. The van der Waals surface area contributed by atoms with Crippen LogP contribution in [0.2, 0.25) is 0 Å². The lowest BCUT2D eigenvalue weighted by Crippen LogP contribution is -2.15. The number of benzene rings is 1. The third-order valence-electron chi connectivity index (χ3n) is 2.55. The Labute approximate surface area is 117 Å². The SMILES string of the molecule is COc1ccc(COc2nc(N)nc(N(C)C)n2)cc1. The first-order valence-electron chi connectivity index (χ1n) is 6.03. The lowest BCUT2D eigenvalue weighted by Gasteiger charge is -2.11. The lowest BCUT2D eigenvalue weighted by atomic mass is 10.2. The summed E-state index contributed by atoms with van der Waals surface area (Å²) in [4.78, 5) is 13.8. The highest BCUT2D eigenvalue weighted by molar-refractivity contribution is 5.34. The van der Waals surface area contributed by atoms with Crippen LogP contribution < -0.4 is 20.1 Å². The number of nitrogens with two attached hydrogens (primary N) is 1. The quantitative estimate of drug-likeness (QED) is 0.874. The Morgan fingerprint density at radius 3 is 2.40 bits per heavy atom. The second kappa shape index (κ2) is 6.05. The van der Waals surface area contributed by atoms with Crippen molar-refractivity contribution in [2.75, 3.05) is 31.8 Å². The molecule has 0 aliphatic rings. The zero-order valence-corrected chi connectivity index (χ0v) is 11.7. The van der Waals surface area contributed by atoms with Crippen molar-refractivity contribution in [3.63, 3.8) is 0 Å². The van der Waals surface area contributed by atoms with Gasteiger partial charge in [0.25, 0.3) is 0 Å². The van der Waals surface area contributed by atoms with Crippen molar-refractivity contribution in [3.05, 3.63) is 29.8 Å². The summed E-state index contributed by atoms with van der Waals surface area (Å²) in [5.74, 6) is 1.39. The van der Waals surface area contributed by atoms with E-state index in [9.17, 15) is 0 Å². The maximum atomic E-state index is 5.62. The van der Waals surface area contributed by atoms with E-state index < -0.39 is 0 Å². The van der Waals surface area contributed by atoms with Crippen molar-refractivity contribution >= 4 is 11.9 Å². The highest BCUT2D eigenvalue weighted by Gasteiger charge is 2.07. The fourth-order valence-electron chi connectivity index (χ4n) is 1.50. The van der Waals surface area contributed by atoms with E-state index >= 15 is 0 Å². The second-order valence-electron chi connectivity index (χ2n) is 4.31. The molecule has 0 aliphatic heterocycles. The molecule has 2 rings (SSSR count). The number of anilines is 2. The van der Waals surface area contributed by atoms with E-state index in [-0.39, 0.29) is 12.0 Å². The molecule has 20 heavy (non-hydrogen) atoms. The molecule has 0 spiro atoms. The molecular weight excluding hydrogens is 258 g/mol. The predicted octanol–water partition coefficient (Wildman–Crippen LogP) is 1.11. The summed E-state index contributed by atoms with van der Waals surface area (Å²) in [5.41, 5.74) is 6.60. The molecule has 7 nitrogen and oxygen atoms in total. The van der Waals surface area contributed by atoms with Crippen LogP contribution in [0.5, 0.6) is 11.8 Å². The van der Waals surface area contributed by atoms with Gasteiger partial charge in [0.2, 0.25) is 11.9 Å². The van der Waals surface area contributed by atoms with Crippen LogP contribution in [-0.2, 0) is 6.61 Å². The van der Waals surface area contributed by atoms with E-state index in [4.69, 9.17) is 15.2 Å². The number of methoxy groups -OCH3 is 1. The number of hydrogen-bond donors (Lipinski definition) is 1. The smallest absolute Gasteiger partial charge is 0.323 e. The molecule has 0 bridgehead atoms. The Morgan fingerprint density at radius 2 is 1.80 bits per heavy atom. The van der Waals surface area contributed by atoms with Crippen molar-refractivity contribution in [1.82, 2.24) is 15.0 Å². The van der Waals surface area contributed by atoms with E-state index in [2.05, 4.69) is 15.0 Å². The average Bonchev–Trinajstić information content (AvgIpc) is 2.45. The van der Waals surface area contributed by atoms with Gasteiger partial charge in [0.15, 0.2) is 0 Å². The van der Waals surface area contributed by atoms with E-state index in [1.165, 1.54) is 0 Å². The molecular formula is C13H17N5O2. The van der Waals surface area contributed by atoms with E-state index in [1.54, 1.807) is 12.0 Å². The zero-order chi connectivity index (χ0) is 14.5. The topological polar surface area (TPSA) is 86.4 Å². The number of rotatable bonds is 5. The fraction of sp³-hybridized carbons (Fsp3) is 0.308. The van der Waals surface area contributed by atoms with Gasteiger partial charge >= 0.3 is 6.01 Å². The standard InChI is InChI=1S/C13H17N5O2/c1-18(2)12-15-11(14)16-13(17-12)20-8-9-4-6-10(19-3)7-5-9/h4-7H,8H2,1-3H3,(H2,14,15,16,17). The first-order valence-corrected chi connectivity index (χ1v) is 6.03. The average molecular weight is 275 g/mol. The van der Waals surface area contributed by atoms with Gasteiger partial charge in [0.05, 0.1) is 7.11 Å². The molecule has 0 saturated carbocycles. The Morgan fingerprint density at radius 1 is 1.10 bits per heavy atom. The molecule has 1 aromatic carbocycles. The molecule has 0 atom stereocenters. The van der Waals surface area contributed by atoms with Gasteiger partial charge in [-0.25, -0.2) is 0 Å². The van der Waals surface area contributed by atoms with Crippen LogP contribution >= 0.6 is 0 Å². The highest BCUT2D eigenvalue weighted by atomic mass is 16.5. The molecule has 0 saturated heterocycles. The van der Waals surface area contributed by atoms with Crippen molar-refractivity contribution < 1.29 is 9.47 Å². The van der Waals surface area contributed by atoms with Crippen LogP contribution in [0.3, 0.4) is 0 Å². The Bertz CT molecular complexity index is 571. The minimum Gasteiger partial charge on any atom is -0.497 e. The van der Waals surface area contributed by atoms with E-state index in [1.807, 2.05) is 38.4 Å². The number of aromatic nitrogens is 3. The molecule has 1 aromatic heterocycles. The molecule has 0 amide bonds. The zero-order valence-electron chi connectivity index (χ0n) is 11.7. The molecule has 1 heterocycles. The van der Waals surface area contributed by atoms with E-state index in [0.717, 1.165) is 11.3 Å². The summed E-state index contributed by atoms with van der Waals surface area (Å²) in [6, 6.07) is 7.76. The second-order valence-corrected chi connectivity index (χ2v) is 4.31. The molecule has 0 unspecified atom stereocenters. The van der Waals surface area contributed by atoms with Crippen molar-refractivity contribution in [1.29, 1.82) is 0 Å². The van der Waals surface area contributed by atoms with Crippen LogP contribution in [0.15, 0.2) is 24.3 Å². The molecule has 0 radical (unpaired) electrons.